The van der Waals surface area contributed by atoms with E-state index in [9.17, 15) is 8.42 Å². The Hall–Kier alpha value is -3.21. The van der Waals surface area contributed by atoms with Crippen LogP contribution in [0.2, 0.25) is 10.0 Å². The van der Waals surface area contributed by atoms with Gasteiger partial charge in [0.25, 0.3) is 10.0 Å². The first kappa shape index (κ1) is 23.5. The highest BCUT2D eigenvalue weighted by molar-refractivity contribution is 7.93. The summed E-state index contributed by atoms with van der Waals surface area (Å²) in [6.07, 6.45) is 1.64. The van der Waals surface area contributed by atoms with E-state index in [-0.39, 0.29) is 26.2 Å². The standard InChI is InChI=1S/C23H19Cl2FN6O2S/c1-12-6-7-17(31-35(33,34)20-15(24)4-3-5-16(20)25)19(26)18(12)14-10-13-11-29-23(27-2)30-21(13)32-9-8-28-22(14)32/h3-7,10-11,28,31H,8-9H2,1-2H3. The predicted molar refractivity (Wildman–Crippen MR) is 134 cm³/mol. The number of hydrogen-bond donors (Lipinski definition) is 2. The fraction of sp³-hybridized carbons (Fsp3) is 0.174. The minimum atomic E-state index is -4.27. The molecule has 0 bridgehead atoms. The molecule has 8 nitrogen and oxygen atoms in total. The van der Waals surface area contributed by atoms with Crippen LogP contribution in [0.25, 0.3) is 22.5 Å². The maximum atomic E-state index is 16.0. The van der Waals surface area contributed by atoms with Crippen molar-refractivity contribution in [3.05, 3.63) is 69.6 Å². The van der Waals surface area contributed by atoms with Crippen LogP contribution in [0.15, 0.2) is 52.5 Å². The van der Waals surface area contributed by atoms with Gasteiger partial charge in [0.05, 0.1) is 15.7 Å². The van der Waals surface area contributed by atoms with E-state index in [4.69, 9.17) is 23.2 Å². The molecule has 12 heteroatoms. The summed E-state index contributed by atoms with van der Waals surface area (Å²) >= 11 is 12.2. The Bertz CT molecular complexity index is 1620. The van der Waals surface area contributed by atoms with Crippen molar-refractivity contribution in [2.45, 2.75) is 18.4 Å². The number of nitrogens with one attached hydrogen (secondary N) is 2. The molecule has 3 heterocycles. The maximum absolute atomic E-state index is 16.0. The number of halogens is 3. The topological polar surface area (TPSA) is 101 Å². The lowest BCUT2D eigenvalue weighted by molar-refractivity contribution is 0.599. The molecule has 3 aliphatic heterocycles. The third-order valence-electron chi connectivity index (χ3n) is 5.74. The van der Waals surface area contributed by atoms with Crippen LogP contribution in [0, 0.1) is 12.7 Å². The average Bonchev–Trinajstić information content (AvgIpc) is 3.31. The van der Waals surface area contributed by atoms with Gasteiger partial charge in [0.2, 0.25) is 5.62 Å². The lowest BCUT2D eigenvalue weighted by atomic mass is 9.97. The van der Waals surface area contributed by atoms with Gasteiger partial charge in [0, 0.05) is 43.0 Å². The molecule has 0 aliphatic carbocycles. The van der Waals surface area contributed by atoms with E-state index in [0.717, 1.165) is 0 Å². The summed E-state index contributed by atoms with van der Waals surface area (Å²) in [5.74, 6) is 0.621. The lowest BCUT2D eigenvalue weighted by Crippen LogP contribution is -2.18. The van der Waals surface area contributed by atoms with E-state index in [1.807, 2.05) is 4.57 Å². The number of aryl methyl sites for hydroxylation is 1. The van der Waals surface area contributed by atoms with Crippen LogP contribution in [0.5, 0.6) is 0 Å². The zero-order valence-electron chi connectivity index (χ0n) is 18.6. The molecule has 2 aromatic rings. The van der Waals surface area contributed by atoms with Crippen LogP contribution < -0.4 is 15.7 Å². The van der Waals surface area contributed by atoms with Gasteiger partial charge in [-0.15, -0.1) is 0 Å². The van der Waals surface area contributed by atoms with Gasteiger partial charge in [0.15, 0.2) is 5.82 Å². The molecule has 0 saturated carbocycles. The van der Waals surface area contributed by atoms with E-state index in [1.54, 1.807) is 32.3 Å². The number of sulfonamides is 1. The van der Waals surface area contributed by atoms with Crippen LogP contribution in [0.3, 0.4) is 0 Å². The van der Waals surface area contributed by atoms with Gasteiger partial charge in [-0.25, -0.2) is 17.8 Å². The molecule has 0 unspecified atom stereocenters. The zero-order valence-corrected chi connectivity index (χ0v) is 20.9. The Balaban J connectivity index is 1.68. The van der Waals surface area contributed by atoms with Crippen molar-refractivity contribution in [1.29, 1.82) is 0 Å². The molecule has 3 aliphatic rings. The Morgan fingerprint density at radius 1 is 1.20 bits per heavy atom. The molecule has 5 rings (SSSR count). The van der Waals surface area contributed by atoms with Gasteiger partial charge in [0.1, 0.15) is 16.5 Å². The molecule has 0 fully saturated rings. The summed E-state index contributed by atoms with van der Waals surface area (Å²) in [4.78, 5) is 12.4. The summed E-state index contributed by atoms with van der Waals surface area (Å²) in [7, 11) is -2.66. The molecule has 35 heavy (non-hydrogen) atoms. The Morgan fingerprint density at radius 2 is 1.94 bits per heavy atom. The van der Waals surface area contributed by atoms with E-state index in [1.165, 1.54) is 24.3 Å². The molecular weight excluding hydrogens is 514 g/mol. The summed E-state index contributed by atoms with van der Waals surface area (Å²) in [6, 6.07) is 9.14. The molecular formula is C23H19Cl2FN6O2S. The van der Waals surface area contributed by atoms with Gasteiger partial charge in [-0.3, -0.25) is 9.71 Å². The van der Waals surface area contributed by atoms with E-state index in [2.05, 4.69) is 25.0 Å². The number of pyridine rings is 1. The number of anilines is 2. The average molecular weight is 533 g/mol. The molecule has 0 saturated heterocycles. The van der Waals surface area contributed by atoms with Crippen molar-refractivity contribution < 1.29 is 12.8 Å². The minimum Gasteiger partial charge on any atom is -0.369 e. The van der Waals surface area contributed by atoms with Crippen molar-refractivity contribution in [1.82, 2.24) is 14.5 Å². The minimum absolute atomic E-state index is 0.0659. The summed E-state index contributed by atoms with van der Waals surface area (Å²) in [5.41, 5.74) is 2.26. The van der Waals surface area contributed by atoms with Gasteiger partial charge >= 0.3 is 0 Å². The second kappa shape index (κ2) is 8.78. The van der Waals surface area contributed by atoms with Crippen molar-refractivity contribution in [2.75, 3.05) is 23.6 Å². The first-order valence-corrected chi connectivity index (χ1v) is 12.8. The summed E-state index contributed by atoms with van der Waals surface area (Å²) in [6.45, 7) is 3.01. The molecule has 0 amide bonds. The van der Waals surface area contributed by atoms with Gasteiger partial charge in [-0.1, -0.05) is 35.3 Å². The predicted octanol–water partition coefficient (Wildman–Crippen LogP) is 4.56. The highest BCUT2D eigenvalue weighted by Gasteiger charge is 2.28. The summed E-state index contributed by atoms with van der Waals surface area (Å²) in [5, 5.41) is 3.16. The largest absolute Gasteiger partial charge is 0.369 e. The van der Waals surface area contributed by atoms with Gasteiger partial charge < -0.3 is 9.88 Å². The fourth-order valence-electron chi connectivity index (χ4n) is 4.18. The van der Waals surface area contributed by atoms with Crippen LogP contribution in [-0.4, -0.2) is 36.5 Å². The fourth-order valence-corrected chi connectivity index (χ4v) is 6.38. The van der Waals surface area contributed by atoms with Gasteiger partial charge in [-0.2, -0.15) is 4.98 Å². The number of aromatic nitrogens is 3. The van der Waals surface area contributed by atoms with Crippen LogP contribution >= 0.6 is 23.2 Å². The van der Waals surface area contributed by atoms with Crippen molar-refractivity contribution in [2.24, 2.45) is 4.99 Å². The normalized spacial score (nSPS) is 13.7. The molecule has 0 aromatic heterocycles. The van der Waals surface area contributed by atoms with Crippen molar-refractivity contribution >= 4 is 44.7 Å². The van der Waals surface area contributed by atoms with Crippen LogP contribution in [0.4, 0.5) is 15.9 Å². The number of benzene rings is 2. The number of hydrogen-bond acceptors (Lipinski definition) is 6. The highest BCUT2D eigenvalue weighted by atomic mass is 35.5. The molecule has 0 spiro atoms. The SMILES string of the molecule is CN=c1ncc2cc(-c3c(C)ccc(NS(=O)(=O)c4c(Cl)cccc4Cl)c3F)c3n(c-2n1)CCN3. The third-order valence-corrected chi connectivity index (χ3v) is 8.06. The Morgan fingerprint density at radius 3 is 2.66 bits per heavy atom. The van der Waals surface area contributed by atoms with E-state index >= 15 is 4.39 Å². The highest BCUT2D eigenvalue weighted by Crippen LogP contribution is 2.41. The lowest BCUT2D eigenvalue weighted by Gasteiger charge is -2.20. The first-order valence-electron chi connectivity index (χ1n) is 10.5. The van der Waals surface area contributed by atoms with E-state index < -0.39 is 15.8 Å². The second-order valence-corrected chi connectivity index (χ2v) is 10.4. The van der Waals surface area contributed by atoms with Crippen LogP contribution in [-0.2, 0) is 16.6 Å². The third kappa shape index (κ3) is 4.01. The molecule has 2 N–H and O–H groups in total. The molecule has 0 atom stereocenters. The van der Waals surface area contributed by atoms with Crippen molar-refractivity contribution in [3.63, 3.8) is 0 Å². The first-order chi connectivity index (χ1) is 16.7. The smallest absolute Gasteiger partial charge is 0.264 e. The number of fused-ring (bicyclic) bond motifs is 3. The molecule has 2 aromatic carbocycles. The Kier molecular flexibility index (Phi) is 5.90. The quantitative estimate of drug-likeness (QED) is 0.401. The zero-order chi connectivity index (χ0) is 24.9. The van der Waals surface area contributed by atoms with Crippen LogP contribution in [0.1, 0.15) is 5.56 Å². The maximum Gasteiger partial charge on any atom is 0.264 e. The number of nitrogens with zero attached hydrogens (tertiary/aromatic N) is 4. The van der Waals surface area contributed by atoms with Gasteiger partial charge in [-0.05, 0) is 36.8 Å². The molecule has 0 radical (unpaired) electrons. The molecule has 180 valence electrons. The summed E-state index contributed by atoms with van der Waals surface area (Å²) < 4.78 is 46.4. The van der Waals surface area contributed by atoms with Crippen molar-refractivity contribution in [3.8, 4) is 22.5 Å². The monoisotopic (exact) mass is 532 g/mol. The van der Waals surface area contributed by atoms with E-state index in [0.29, 0.717) is 47.0 Å². The Labute approximate surface area is 210 Å². The second-order valence-electron chi connectivity index (χ2n) is 7.93. The number of rotatable bonds is 4.